The molecule has 0 aliphatic carbocycles. The molecule has 2 aromatic rings. The molecule has 0 heterocycles. The number of anilines is 1. The van der Waals surface area contributed by atoms with Crippen molar-refractivity contribution < 1.29 is 33.3 Å². The average Bonchev–Trinajstić information content (AvgIpc) is 2.76. The van der Waals surface area contributed by atoms with Crippen LogP contribution in [-0.2, 0) is 20.7 Å². The molecule has 2 rings (SSSR count). The van der Waals surface area contributed by atoms with Crippen molar-refractivity contribution in [2.75, 3.05) is 33.3 Å². The van der Waals surface area contributed by atoms with Gasteiger partial charge in [-0.3, -0.25) is 14.4 Å². The number of amides is 1. The minimum atomic E-state index is -0.565. The number of carbonyl (C=O) groups is 3. The first-order chi connectivity index (χ1) is 14.4. The van der Waals surface area contributed by atoms with Crippen molar-refractivity contribution in [3.05, 3.63) is 47.5 Å². The largest absolute Gasteiger partial charge is 0.493 e. The molecule has 0 saturated heterocycles. The molecule has 160 valence electrons. The summed E-state index contributed by atoms with van der Waals surface area (Å²) in [6.07, 6.45) is 0.300. The van der Waals surface area contributed by atoms with E-state index in [1.807, 2.05) is 0 Å². The molecule has 0 spiro atoms. The Balaban J connectivity index is 1.96. The number of Topliss-reactive ketones (excluding diaryl/α,β-unsaturated/α-hetero) is 1. The Hall–Kier alpha value is -3.55. The summed E-state index contributed by atoms with van der Waals surface area (Å²) in [5.74, 6) is 0.240. The molecule has 0 atom stereocenters. The summed E-state index contributed by atoms with van der Waals surface area (Å²) in [6.45, 7) is 1.36. The van der Waals surface area contributed by atoms with Crippen LogP contribution in [0.1, 0.15) is 29.3 Å². The second-order valence-electron chi connectivity index (χ2n) is 6.27. The summed E-state index contributed by atoms with van der Waals surface area (Å²) < 4.78 is 20.9. The summed E-state index contributed by atoms with van der Waals surface area (Å²) in [6, 6.07) is 9.68. The Kier molecular flexibility index (Phi) is 8.22. The second-order valence-corrected chi connectivity index (χ2v) is 6.27. The quantitative estimate of drug-likeness (QED) is 0.470. The first-order valence-electron chi connectivity index (χ1n) is 9.29. The topological polar surface area (TPSA) is 100 Å². The maximum absolute atomic E-state index is 12.3. The van der Waals surface area contributed by atoms with E-state index in [0.717, 1.165) is 0 Å². The molecule has 0 radical (unpaired) electrons. The van der Waals surface area contributed by atoms with E-state index in [4.69, 9.17) is 18.9 Å². The number of methoxy groups -OCH3 is 3. The maximum atomic E-state index is 12.3. The van der Waals surface area contributed by atoms with Gasteiger partial charge in [0.2, 0.25) is 11.7 Å². The van der Waals surface area contributed by atoms with Crippen molar-refractivity contribution in [2.45, 2.75) is 19.8 Å². The van der Waals surface area contributed by atoms with Crippen LogP contribution in [0.4, 0.5) is 5.69 Å². The fraction of sp³-hybridized carbons (Fsp3) is 0.318. The van der Waals surface area contributed by atoms with Crippen molar-refractivity contribution in [3.8, 4) is 17.2 Å². The van der Waals surface area contributed by atoms with E-state index >= 15 is 0 Å². The van der Waals surface area contributed by atoms with E-state index in [9.17, 15) is 14.4 Å². The van der Waals surface area contributed by atoms with Crippen LogP contribution in [0, 0.1) is 0 Å². The van der Waals surface area contributed by atoms with E-state index in [-0.39, 0.29) is 24.7 Å². The molecular formula is C22H25NO7. The molecule has 1 N–H and O–H groups in total. The zero-order valence-electron chi connectivity index (χ0n) is 17.4. The van der Waals surface area contributed by atoms with Gasteiger partial charge in [-0.15, -0.1) is 0 Å². The van der Waals surface area contributed by atoms with Crippen molar-refractivity contribution in [1.29, 1.82) is 0 Å². The van der Waals surface area contributed by atoms with Gasteiger partial charge < -0.3 is 24.3 Å². The standard InChI is InChI=1S/C22H25NO7/c1-5-20(25)23-16-8-6-15(7-9-16)17(24)13-30-21(26)12-14-10-18(27-2)22(29-4)19(11-14)28-3/h6-11H,5,12-13H2,1-4H3,(H,23,25). The molecule has 0 unspecified atom stereocenters. The first-order valence-corrected chi connectivity index (χ1v) is 9.29. The Bertz CT molecular complexity index is 881. The lowest BCUT2D eigenvalue weighted by molar-refractivity contribution is -0.141. The number of ether oxygens (including phenoxy) is 4. The van der Waals surface area contributed by atoms with Crippen LogP contribution in [0.3, 0.4) is 0 Å². The monoisotopic (exact) mass is 415 g/mol. The lowest BCUT2D eigenvalue weighted by Crippen LogP contribution is -2.16. The lowest BCUT2D eigenvalue weighted by atomic mass is 10.1. The zero-order valence-corrected chi connectivity index (χ0v) is 17.4. The fourth-order valence-corrected chi connectivity index (χ4v) is 2.67. The van der Waals surface area contributed by atoms with Crippen LogP contribution >= 0.6 is 0 Å². The molecule has 0 fully saturated rings. The molecule has 0 saturated carbocycles. The van der Waals surface area contributed by atoms with Crippen LogP contribution < -0.4 is 19.5 Å². The molecule has 1 amide bonds. The predicted octanol–water partition coefficient (Wildman–Crippen LogP) is 3.03. The number of hydrogen-bond acceptors (Lipinski definition) is 7. The van der Waals surface area contributed by atoms with Gasteiger partial charge in [0, 0.05) is 17.7 Å². The van der Waals surface area contributed by atoms with Gasteiger partial charge in [-0.05, 0) is 42.0 Å². The Morgan fingerprint density at radius 3 is 2.00 bits per heavy atom. The van der Waals surface area contributed by atoms with Gasteiger partial charge in [0.1, 0.15) is 0 Å². The SMILES string of the molecule is CCC(=O)Nc1ccc(C(=O)COC(=O)Cc2cc(OC)c(OC)c(OC)c2)cc1. The van der Waals surface area contributed by atoms with E-state index in [2.05, 4.69) is 5.32 Å². The van der Waals surface area contributed by atoms with E-state index < -0.39 is 5.97 Å². The normalized spacial score (nSPS) is 10.1. The number of carbonyl (C=O) groups excluding carboxylic acids is 3. The number of hydrogen-bond donors (Lipinski definition) is 1. The van der Waals surface area contributed by atoms with E-state index in [1.54, 1.807) is 43.3 Å². The summed E-state index contributed by atoms with van der Waals surface area (Å²) in [5.41, 5.74) is 1.57. The molecule has 2 aromatic carbocycles. The molecule has 0 aliphatic rings. The van der Waals surface area contributed by atoms with Crippen molar-refractivity contribution >= 4 is 23.3 Å². The van der Waals surface area contributed by atoms with E-state index in [0.29, 0.717) is 40.5 Å². The maximum Gasteiger partial charge on any atom is 0.310 e. The number of benzene rings is 2. The van der Waals surface area contributed by atoms with Crippen LogP contribution in [0.2, 0.25) is 0 Å². The third-order valence-electron chi connectivity index (χ3n) is 4.25. The van der Waals surface area contributed by atoms with Gasteiger partial charge in [0.25, 0.3) is 0 Å². The first kappa shape index (κ1) is 22.7. The van der Waals surface area contributed by atoms with Crippen LogP contribution in [-0.4, -0.2) is 45.6 Å². The Morgan fingerprint density at radius 1 is 0.900 bits per heavy atom. The summed E-state index contributed by atoms with van der Waals surface area (Å²) in [7, 11) is 4.46. The highest BCUT2D eigenvalue weighted by molar-refractivity contribution is 5.98. The van der Waals surface area contributed by atoms with Crippen LogP contribution in [0.15, 0.2) is 36.4 Å². The van der Waals surface area contributed by atoms with Gasteiger partial charge in [-0.1, -0.05) is 6.92 Å². The number of nitrogens with one attached hydrogen (secondary N) is 1. The molecule has 30 heavy (non-hydrogen) atoms. The fourth-order valence-electron chi connectivity index (χ4n) is 2.67. The third-order valence-corrected chi connectivity index (χ3v) is 4.25. The molecule has 0 aromatic heterocycles. The molecule has 8 heteroatoms. The van der Waals surface area contributed by atoms with Gasteiger partial charge in [0.15, 0.2) is 23.9 Å². The number of rotatable bonds is 10. The highest BCUT2D eigenvalue weighted by atomic mass is 16.5. The lowest BCUT2D eigenvalue weighted by Gasteiger charge is -2.14. The molecule has 8 nitrogen and oxygen atoms in total. The minimum absolute atomic E-state index is 0.0635. The van der Waals surface area contributed by atoms with Gasteiger partial charge in [0.05, 0.1) is 27.8 Å². The van der Waals surface area contributed by atoms with Crippen molar-refractivity contribution in [1.82, 2.24) is 0 Å². The predicted molar refractivity (Wildman–Crippen MR) is 110 cm³/mol. The minimum Gasteiger partial charge on any atom is -0.493 e. The molecule has 0 bridgehead atoms. The molecule has 0 aliphatic heterocycles. The smallest absolute Gasteiger partial charge is 0.310 e. The van der Waals surface area contributed by atoms with Gasteiger partial charge >= 0.3 is 5.97 Å². The van der Waals surface area contributed by atoms with Crippen molar-refractivity contribution in [3.63, 3.8) is 0 Å². The Morgan fingerprint density at radius 2 is 1.50 bits per heavy atom. The highest BCUT2D eigenvalue weighted by Gasteiger charge is 2.16. The Labute approximate surface area is 175 Å². The van der Waals surface area contributed by atoms with Crippen molar-refractivity contribution in [2.24, 2.45) is 0 Å². The summed E-state index contributed by atoms with van der Waals surface area (Å²) in [4.78, 5) is 35.8. The summed E-state index contributed by atoms with van der Waals surface area (Å²) in [5, 5.41) is 2.70. The average molecular weight is 415 g/mol. The third kappa shape index (κ3) is 5.97. The molecular weight excluding hydrogens is 390 g/mol. The number of esters is 1. The van der Waals surface area contributed by atoms with Gasteiger partial charge in [-0.2, -0.15) is 0 Å². The van der Waals surface area contributed by atoms with E-state index in [1.165, 1.54) is 21.3 Å². The van der Waals surface area contributed by atoms with Gasteiger partial charge in [-0.25, -0.2) is 0 Å². The van der Waals surface area contributed by atoms with Crippen LogP contribution in [0.5, 0.6) is 17.2 Å². The zero-order chi connectivity index (χ0) is 22.1. The highest BCUT2D eigenvalue weighted by Crippen LogP contribution is 2.38. The second kappa shape index (κ2) is 10.8. The van der Waals surface area contributed by atoms with Crippen LogP contribution in [0.25, 0.3) is 0 Å². The number of ketones is 1. The summed E-state index contributed by atoms with van der Waals surface area (Å²) >= 11 is 0.